The van der Waals surface area contributed by atoms with Crippen molar-refractivity contribution in [2.75, 3.05) is 0 Å². The normalized spacial score (nSPS) is 19.5. The van der Waals surface area contributed by atoms with Crippen LogP contribution < -0.4 is 5.32 Å². The third kappa shape index (κ3) is 3.17. The van der Waals surface area contributed by atoms with Crippen LogP contribution in [0.25, 0.3) is 10.8 Å². The van der Waals surface area contributed by atoms with E-state index in [0.29, 0.717) is 0 Å². The van der Waals surface area contributed by atoms with Crippen molar-refractivity contribution in [3.05, 3.63) is 108 Å². The fraction of sp³-hybridized carbons (Fsp3) is 0.120. The van der Waals surface area contributed by atoms with Gasteiger partial charge in [-0.25, -0.2) is 4.21 Å². The molecule has 0 spiro atoms. The van der Waals surface area contributed by atoms with Crippen LogP contribution in [0.5, 0.6) is 0 Å². The SMILES string of the molecule is Cc1ccc([S@](=O)c2ccccc2[C@@H]2N[C@H]2c2ccc3ccccc3c2)cc1. The quantitative estimate of drug-likeness (QED) is 0.459. The Morgan fingerprint density at radius 1 is 0.750 bits per heavy atom. The predicted octanol–water partition coefficient (Wildman–Crippen LogP) is 5.70. The molecule has 0 bridgehead atoms. The second-order valence-corrected chi connectivity index (χ2v) is 8.80. The summed E-state index contributed by atoms with van der Waals surface area (Å²) in [5.41, 5.74) is 3.58. The molecular weight excluding hydrogens is 362 g/mol. The minimum absolute atomic E-state index is 0.201. The number of fused-ring (bicyclic) bond motifs is 1. The summed E-state index contributed by atoms with van der Waals surface area (Å²) in [4.78, 5) is 1.74. The van der Waals surface area contributed by atoms with Gasteiger partial charge in [0.25, 0.3) is 0 Å². The van der Waals surface area contributed by atoms with Crippen molar-refractivity contribution in [1.29, 1.82) is 0 Å². The summed E-state index contributed by atoms with van der Waals surface area (Å²) in [6, 6.07) is 31.6. The van der Waals surface area contributed by atoms with Crippen LogP contribution >= 0.6 is 0 Å². The highest BCUT2D eigenvalue weighted by molar-refractivity contribution is 7.85. The zero-order chi connectivity index (χ0) is 19.1. The van der Waals surface area contributed by atoms with E-state index in [1.807, 2.05) is 49.4 Å². The molecule has 1 fully saturated rings. The lowest BCUT2D eigenvalue weighted by atomic mass is 10.0. The van der Waals surface area contributed by atoms with Crippen LogP contribution in [0.2, 0.25) is 0 Å². The van der Waals surface area contributed by atoms with E-state index < -0.39 is 10.8 Å². The van der Waals surface area contributed by atoms with Gasteiger partial charge in [-0.15, -0.1) is 0 Å². The molecule has 2 nitrogen and oxygen atoms in total. The smallest absolute Gasteiger partial charge is 0.0853 e. The minimum Gasteiger partial charge on any atom is -0.300 e. The monoisotopic (exact) mass is 383 g/mol. The van der Waals surface area contributed by atoms with Gasteiger partial charge in [0.1, 0.15) is 0 Å². The first-order chi connectivity index (χ1) is 13.7. The Bertz CT molecular complexity index is 1180. The summed E-state index contributed by atoms with van der Waals surface area (Å²) < 4.78 is 13.2. The molecule has 0 unspecified atom stereocenters. The van der Waals surface area contributed by atoms with Gasteiger partial charge in [-0.1, -0.05) is 72.3 Å². The van der Waals surface area contributed by atoms with Gasteiger partial charge < -0.3 is 0 Å². The van der Waals surface area contributed by atoms with Gasteiger partial charge in [0, 0.05) is 9.79 Å². The second-order valence-electron chi connectivity index (χ2n) is 7.35. The van der Waals surface area contributed by atoms with Crippen molar-refractivity contribution in [2.24, 2.45) is 0 Å². The fourth-order valence-corrected chi connectivity index (χ4v) is 5.04. The van der Waals surface area contributed by atoms with Gasteiger partial charge in [-0.3, -0.25) is 5.32 Å². The summed E-state index contributed by atoms with van der Waals surface area (Å²) in [6.07, 6.45) is 0. The average Bonchev–Trinajstić information content (AvgIpc) is 3.54. The topological polar surface area (TPSA) is 39.0 Å². The maximum absolute atomic E-state index is 13.2. The standard InChI is InChI=1S/C25H21NOS/c1-17-10-14-21(15-11-17)28(27)23-9-5-4-8-22(23)25-24(26-25)20-13-12-18-6-2-3-7-19(18)16-20/h2-16,24-26H,1H3/t24-,25-,28-/m0/s1. The van der Waals surface area contributed by atoms with E-state index in [1.165, 1.54) is 21.9 Å². The van der Waals surface area contributed by atoms with Gasteiger partial charge in [0.15, 0.2) is 0 Å². The molecule has 0 aromatic heterocycles. The summed E-state index contributed by atoms with van der Waals surface area (Å²) in [7, 11) is -1.18. The summed E-state index contributed by atoms with van der Waals surface area (Å²) >= 11 is 0. The lowest BCUT2D eigenvalue weighted by molar-refractivity contribution is 0.682. The van der Waals surface area contributed by atoms with Crippen molar-refractivity contribution in [1.82, 2.24) is 5.32 Å². The van der Waals surface area contributed by atoms with E-state index in [-0.39, 0.29) is 12.1 Å². The number of hydrogen-bond donors (Lipinski definition) is 1. The van der Waals surface area contributed by atoms with Crippen LogP contribution in [-0.4, -0.2) is 4.21 Å². The molecular formula is C25H21NOS. The van der Waals surface area contributed by atoms with E-state index in [4.69, 9.17) is 0 Å². The Morgan fingerprint density at radius 3 is 2.29 bits per heavy atom. The van der Waals surface area contributed by atoms with Gasteiger partial charge >= 0.3 is 0 Å². The third-order valence-electron chi connectivity index (χ3n) is 5.40. The van der Waals surface area contributed by atoms with Gasteiger partial charge in [-0.2, -0.15) is 0 Å². The molecule has 0 aliphatic carbocycles. The van der Waals surface area contributed by atoms with Crippen LogP contribution in [-0.2, 0) is 10.8 Å². The number of rotatable bonds is 4. The zero-order valence-corrected chi connectivity index (χ0v) is 16.4. The van der Waals surface area contributed by atoms with E-state index >= 15 is 0 Å². The molecule has 1 saturated heterocycles. The molecule has 1 aliphatic rings. The molecule has 0 saturated carbocycles. The van der Waals surface area contributed by atoms with Crippen LogP contribution in [0.3, 0.4) is 0 Å². The summed E-state index contributed by atoms with van der Waals surface area (Å²) in [6.45, 7) is 2.04. The van der Waals surface area contributed by atoms with Crippen molar-refractivity contribution < 1.29 is 4.21 Å². The van der Waals surface area contributed by atoms with Crippen LogP contribution in [0.4, 0.5) is 0 Å². The summed E-state index contributed by atoms with van der Waals surface area (Å²) in [5.74, 6) is 0. The lowest BCUT2D eigenvalue weighted by Gasteiger charge is -2.09. The van der Waals surface area contributed by atoms with Crippen LogP contribution in [0, 0.1) is 6.92 Å². The Kier molecular flexibility index (Phi) is 4.34. The summed E-state index contributed by atoms with van der Waals surface area (Å²) in [5, 5.41) is 6.10. The highest BCUT2D eigenvalue weighted by Crippen LogP contribution is 2.45. The van der Waals surface area contributed by atoms with Crippen molar-refractivity contribution in [3.8, 4) is 0 Å². The van der Waals surface area contributed by atoms with Gasteiger partial charge in [-0.05, 0) is 53.1 Å². The Labute approximate surface area is 167 Å². The maximum Gasteiger partial charge on any atom is 0.0853 e. The zero-order valence-electron chi connectivity index (χ0n) is 15.6. The fourth-order valence-electron chi connectivity index (χ4n) is 3.79. The highest BCUT2D eigenvalue weighted by Gasteiger charge is 2.40. The van der Waals surface area contributed by atoms with Crippen LogP contribution in [0.1, 0.15) is 28.8 Å². The van der Waals surface area contributed by atoms with E-state index in [9.17, 15) is 4.21 Å². The molecule has 138 valence electrons. The van der Waals surface area contributed by atoms with E-state index in [0.717, 1.165) is 15.4 Å². The average molecular weight is 384 g/mol. The van der Waals surface area contributed by atoms with Gasteiger partial charge in [0.05, 0.1) is 22.9 Å². The molecule has 28 heavy (non-hydrogen) atoms. The predicted molar refractivity (Wildman–Crippen MR) is 115 cm³/mol. The number of aryl methyl sites for hydroxylation is 1. The largest absolute Gasteiger partial charge is 0.300 e. The Balaban J connectivity index is 1.46. The minimum atomic E-state index is -1.18. The number of hydrogen-bond acceptors (Lipinski definition) is 2. The lowest BCUT2D eigenvalue weighted by Crippen LogP contribution is -1.99. The molecule has 5 rings (SSSR count). The molecule has 1 N–H and O–H groups in total. The van der Waals surface area contributed by atoms with Crippen molar-refractivity contribution >= 4 is 21.6 Å². The van der Waals surface area contributed by atoms with E-state index in [2.05, 4.69) is 53.8 Å². The molecule has 3 atom stereocenters. The first-order valence-electron chi connectivity index (χ1n) is 9.53. The first-order valence-corrected chi connectivity index (χ1v) is 10.7. The molecule has 4 aromatic rings. The van der Waals surface area contributed by atoms with E-state index in [1.54, 1.807) is 0 Å². The molecule has 0 radical (unpaired) electrons. The molecule has 0 amide bonds. The van der Waals surface area contributed by atoms with Gasteiger partial charge in [0.2, 0.25) is 0 Å². The molecule has 1 aliphatic heterocycles. The maximum atomic E-state index is 13.2. The number of nitrogens with one attached hydrogen (secondary N) is 1. The van der Waals surface area contributed by atoms with Crippen molar-refractivity contribution in [3.63, 3.8) is 0 Å². The first kappa shape index (κ1) is 17.4. The number of benzene rings is 4. The Hall–Kier alpha value is -2.75. The Morgan fingerprint density at radius 2 is 1.46 bits per heavy atom. The molecule has 3 heteroatoms. The second kappa shape index (κ2) is 7.01. The highest BCUT2D eigenvalue weighted by atomic mass is 32.2. The molecule has 1 heterocycles. The van der Waals surface area contributed by atoms with Crippen LogP contribution in [0.15, 0.2) is 101 Å². The molecule has 4 aromatic carbocycles. The third-order valence-corrected chi connectivity index (χ3v) is 6.88. The van der Waals surface area contributed by atoms with Crippen molar-refractivity contribution in [2.45, 2.75) is 28.8 Å².